The first-order valence-electron chi connectivity index (χ1n) is 9.70. The number of nitrogens with two attached hydrogens (primary N) is 1. The molecule has 0 atom stereocenters. The molecule has 0 saturated heterocycles. The predicted molar refractivity (Wildman–Crippen MR) is 122 cm³/mol. The Hall–Kier alpha value is -3.16. The summed E-state index contributed by atoms with van der Waals surface area (Å²) in [6.45, 7) is 4.11. The van der Waals surface area contributed by atoms with Crippen molar-refractivity contribution in [2.75, 3.05) is 5.73 Å². The topological polar surface area (TPSA) is 90.9 Å². The van der Waals surface area contributed by atoms with E-state index in [0.717, 1.165) is 5.56 Å². The van der Waals surface area contributed by atoms with E-state index in [1.165, 1.54) is 4.68 Å². The number of hydrogen-bond acceptors (Lipinski definition) is 5. The van der Waals surface area contributed by atoms with Gasteiger partial charge in [0, 0.05) is 16.3 Å². The Kier molecular flexibility index (Phi) is 5.56. The van der Waals surface area contributed by atoms with Gasteiger partial charge in [0.2, 0.25) is 14.9 Å². The van der Waals surface area contributed by atoms with Gasteiger partial charge in [0.1, 0.15) is 5.69 Å². The normalized spacial score (nSPS) is 11.7. The second kappa shape index (κ2) is 8.17. The highest BCUT2D eigenvalue weighted by atomic mass is 35.5. The average molecular weight is 453 g/mol. The molecular formula is C23H21ClN4O2S. The molecule has 8 heteroatoms. The second-order valence-corrected chi connectivity index (χ2v) is 9.78. The highest BCUT2D eigenvalue weighted by molar-refractivity contribution is 7.91. The first kappa shape index (κ1) is 21.1. The van der Waals surface area contributed by atoms with Crippen LogP contribution in [0.15, 0.2) is 82.7 Å². The molecule has 0 radical (unpaired) electrons. The summed E-state index contributed by atoms with van der Waals surface area (Å²) in [4.78, 5) is 0.163. The number of sulfone groups is 1. The molecule has 1 aromatic heterocycles. The number of anilines is 1. The fourth-order valence-corrected chi connectivity index (χ4v) is 4.69. The molecule has 1 heterocycles. The third-order valence-electron chi connectivity index (χ3n) is 5.01. The van der Waals surface area contributed by atoms with Crippen LogP contribution >= 0.6 is 11.6 Å². The third-order valence-corrected chi connectivity index (χ3v) is 6.94. The van der Waals surface area contributed by atoms with Crippen LogP contribution in [0.3, 0.4) is 0 Å². The minimum Gasteiger partial charge on any atom is -0.399 e. The zero-order valence-electron chi connectivity index (χ0n) is 17.0. The van der Waals surface area contributed by atoms with Gasteiger partial charge in [-0.2, -0.15) is 0 Å². The van der Waals surface area contributed by atoms with E-state index in [1.54, 1.807) is 60.7 Å². The van der Waals surface area contributed by atoms with Gasteiger partial charge in [-0.15, -0.1) is 5.10 Å². The van der Waals surface area contributed by atoms with Gasteiger partial charge in [-0.05, 0) is 60.0 Å². The molecule has 0 amide bonds. The molecular weight excluding hydrogens is 432 g/mol. The van der Waals surface area contributed by atoms with Crippen LogP contribution in [0.5, 0.6) is 0 Å². The first-order valence-corrected chi connectivity index (χ1v) is 11.6. The van der Waals surface area contributed by atoms with Gasteiger partial charge < -0.3 is 5.73 Å². The maximum absolute atomic E-state index is 13.5. The fraction of sp³-hybridized carbons (Fsp3) is 0.130. The minimum absolute atomic E-state index is 0.121. The lowest BCUT2D eigenvalue weighted by molar-refractivity contribution is 0.592. The largest absolute Gasteiger partial charge is 0.399 e. The van der Waals surface area contributed by atoms with Crippen molar-refractivity contribution in [1.82, 2.24) is 15.0 Å². The van der Waals surface area contributed by atoms with Crippen LogP contribution in [0.25, 0.3) is 16.9 Å². The molecule has 0 fully saturated rings. The minimum atomic E-state index is -3.92. The van der Waals surface area contributed by atoms with Crippen molar-refractivity contribution in [2.45, 2.75) is 29.7 Å². The first-order chi connectivity index (χ1) is 14.8. The Balaban J connectivity index is 1.91. The highest BCUT2D eigenvalue weighted by Gasteiger charge is 2.29. The van der Waals surface area contributed by atoms with Gasteiger partial charge >= 0.3 is 0 Å². The maximum Gasteiger partial charge on any atom is 0.227 e. The van der Waals surface area contributed by atoms with Crippen molar-refractivity contribution in [3.8, 4) is 16.9 Å². The lowest BCUT2D eigenvalue weighted by Gasteiger charge is -2.10. The molecule has 0 aliphatic heterocycles. The van der Waals surface area contributed by atoms with Crippen molar-refractivity contribution in [3.63, 3.8) is 0 Å². The molecule has 0 spiro atoms. The summed E-state index contributed by atoms with van der Waals surface area (Å²) in [5.41, 5.74) is 9.08. The smallest absolute Gasteiger partial charge is 0.227 e. The van der Waals surface area contributed by atoms with Crippen molar-refractivity contribution < 1.29 is 8.42 Å². The number of aromatic nitrogens is 3. The van der Waals surface area contributed by atoms with Crippen LogP contribution in [0.1, 0.15) is 25.3 Å². The highest BCUT2D eigenvalue weighted by Crippen LogP contribution is 2.33. The average Bonchev–Trinajstić information content (AvgIpc) is 3.21. The van der Waals surface area contributed by atoms with Crippen LogP contribution < -0.4 is 5.73 Å². The summed E-state index contributed by atoms with van der Waals surface area (Å²) in [7, 11) is -3.92. The fourth-order valence-electron chi connectivity index (χ4n) is 3.24. The molecule has 2 N–H and O–H groups in total. The number of halogens is 1. The molecule has 0 aliphatic rings. The monoisotopic (exact) mass is 452 g/mol. The van der Waals surface area contributed by atoms with E-state index in [2.05, 4.69) is 24.2 Å². The molecule has 158 valence electrons. The van der Waals surface area contributed by atoms with E-state index >= 15 is 0 Å². The Bertz CT molecular complexity index is 1310. The molecule has 0 aliphatic carbocycles. The SMILES string of the molecule is CC(C)c1ccc(S(=O)(=O)c2nnn(-c3ccc(N)cc3)c2-c2ccc(Cl)cc2)cc1. The van der Waals surface area contributed by atoms with Gasteiger partial charge in [0.05, 0.1) is 10.6 Å². The summed E-state index contributed by atoms with van der Waals surface area (Å²) in [6, 6.07) is 20.7. The van der Waals surface area contributed by atoms with Crippen LogP contribution in [-0.4, -0.2) is 23.4 Å². The molecule has 4 aromatic rings. The van der Waals surface area contributed by atoms with E-state index < -0.39 is 9.84 Å². The molecule has 0 saturated carbocycles. The third kappa shape index (κ3) is 4.06. The van der Waals surface area contributed by atoms with Gasteiger partial charge in [0.15, 0.2) is 0 Å². The number of rotatable bonds is 5. The van der Waals surface area contributed by atoms with Crippen molar-refractivity contribution >= 4 is 27.1 Å². The maximum atomic E-state index is 13.5. The summed E-state index contributed by atoms with van der Waals surface area (Å²) in [5.74, 6) is 0.299. The molecule has 4 rings (SSSR count). The van der Waals surface area contributed by atoms with Gasteiger partial charge in [0.25, 0.3) is 0 Å². The van der Waals surface area contributed by atoms with Crippen molar-refractivity contribution in [3.05, 3.63) is 83.4 Å². The van der Waals surface area contributed by atoms with E-state index in [0.29, 0.717) is 33.6 Å². The number of benzene rings is 3. The molecule has 0 unspecified atom stereocenters. The van der Waals surface area contributed by atoms with E-state index in [9.17, 15) is 8.42 Å². The van der Waals surface area contributed by atoms with Gasteiger partial charge in [-0.25, -0.2) is 13.1 Å². The summed E-state index contributed by atoms with van der Waals surface area (Å²) in [5, 5.41) is 8.67. The Morgan fingerprint density at radius 2 is 1.52 bits per heavy atom. The lowest BCUT2D eigenvalue weighted by atomic mass is 10.0. The molecule has 0 bridgehead atoms. The summed E-state index contributed by atoms with van der Waals surface area (Å²) < 4.78 is 28.5. The number of nitrogen functional groups attached to an aromatic ring is 1. The van der Waals surface area contributed by atoms with E-state index in [1.807, 2.05) is 12.1 Å². The van der Waals surface area contributed by atoms with E-state index in [4.69, 9.17) is 17.3 Å². The summed E-state index contributed by atoms with van der Waals surface area (Å²) >= 11 is 6.04. The Morgan fingerprint density at radius 1 is 0.903 bits per heavy atom. The number of hydrogen-bond donors (Lipinski definition) is 1. The van der Waals surface area contributed by atoms with Gasteiger partial charge in [-0.1, -0.05) is 54.9 Å². The molecule has 31 heavy (non-hydrogen) atoms. The van der Waals surface area contributed by atoms with Crippen LogP contribution in [0.2, 0.25) is 5.02 Å². The molecule has 3 aromatic carbocycles. The van der Waals surface area contributed by atoms with Crippen molar-refractivity contribution in [2.24, 2.45) is 0 Å². The van der Waals surface area contributed by atoms with E-state index in [-0.39, 0.29) is 9.92 Å². The molecule has 6 nitrogen and oxygen atoms in total. The summed E-state index contributed by atoms with van der Waals surface area (Å²) in [6.07, 6.45) is 0. The second-order valence-electron chi connectivity index (χ2n) is 7.48. The standard InChI is InChI=1S/C23H21ClN4O2S/c1-15(2)16-5-13-21(14-6-16)31(29,30)23-22(17-3-7-18(24)8-4-17)28(27-26-23)20-11-9-19(25)10-12-20/h3-15H,25H2,1-2H3. The lowest BCUT2D eigenvalue weighted by Crippen LogP contribution is -2.06. The Labute approximate surface area is 186 Å². The number of nitrogens with zero attached hydrogens (tertiary/aromatic N) is 3. The van der Waals surface area contributed by atoms with Crippen LogP contribution in [0, 0.1) is 0 Å². The van der Waals surface area contributed by atoms with Gasteiger partial charge in [-0.3, -0.25) is 0 Å². The van der Waals surface area contributed by atoms with Crippen LogP contribution in [-0.2, 0) is 9.84 Å². The zero-order chi connectivity index (χ0) is 22.2. The van der Waals surface area contributed by atoms with Crippen molar-refractivity contribution in [1.29, 1.82) is 0 Å². The quantitative estimate of drug-likeness (QED) is 0.424. The predicted octanol–water partition coefficient (Wildman–Crippen LogP) is 5.13. The zero-order valence-corrected chi connectivity index (χ0v) is 18.6. The Morgan fingerprint density at radius 3 is 2.10 bits per heavy atom. The van der Waals surface area contributed by atoms with Crippen LogP contribution in [0.4, 0.5) is 5.69 Å².